The van der Waals surface area contributed by atoms with Crippen LogP contribution < -0.4 is 4.90 Å². The number of hydrogen-bond acceptors (Lipinski definition) is 5. The summed E-state index contributed by atoms with van der Waals surface area (Å²) in [6, 6.07) is 8.74. The molecule has 0 aliphatic carbocycles. The van der Waals surface area contributed by atoms with Gasteiger partial charge in [-0.2, -0.15) is 5.06 Å². The minimum Gasteiger partial charge on any atom is -0.395 e. The third-order valence-electron chi connectivity index (χ3n) is 4.65. The van der Waals surface area contributed by atoms with Gasteiger partial charge in [0.2, 0.25) is 5.91 Å². The molecule has 0 spiro atoms. The molecule has 2 amide bonds. The number of anilines is 1. The molecule has 4 atom stereocenters. The minimum atomic E-state index is -0.739. The second kappa shape index (κ2) is 4.62. The first kappa shape index (κ1) is 12.9. The van der Waals surface area contributed by atoms with Gasteiger partial charge in [0.15, 0.2) is 6.10 Å². The summed E-state index contributed by atoms with van der Waals surface area (Å²) in [5.74, 6) is -0.946. The van der Waals surface area contributed by atoms with Gasteiger partial charge in [0.25, 0.3) is 5.91 Å². The smallest absolute Gasteiger partial charge is 0.265 e. The van der Waals surface area contributed by atoms with Gasteiger partial charge in [0, 0.05) is 0 Å². The van der Waals surface area contributed by atoms with E-state index in [4.69, 9.17) is 4.84 Å². The summed E-state index contributed by atoms with van der Waals surface area (Å²) in [4.78, 5) is 32.1. The van der Waals surface area contributed by atoms with Gasteiger partial charge in [0.05, 0.1) is 30.3 Å². The van der Waals surface area contributed by atoms with Gasteiger partial charge in [-0.3, -0.25) is 14.4 Å². The number of fused-ring (bicyclic) bond motifs is 3. The highest BCUT2D eigenvalue weighted by molar-refractivity contribution is 6.23. The van der Waals surface area contributed by atoms with Crippen LogP contribution in [-0.4, -0.2) is 46.8 Å². The third kappa shape index (κ3) is 1.70. The zero-order chi connectivity index (χ0) is 14.6. The second-order valence-electron chi connectivity index (χ2n) is 5.74. The summed E-state index contributed by atoms with van der Waals surface area (Å²) in [6.07, 6.45) is 0.822. The zero-order valence-corrected chi connectivity index (χ0v) is 11.4. The number of aliphatic hydroxyl groups excluding tert-OH is 1. The third-order valence-corrected chi connectivity index (χ3v) is 4.65. The van der Waals surface area contributed by atoms with Gasteiger partial charge in [-0.15, -0.1) is 0 Å². The van der Waals surface area contributed by atoms with Crippen molar-refractivity contribution >= 4 is 17.5 Å². The van der Waals surface area contributed by atoms with Crippen LogP contribution in [0.3, 0.4) is 0 Å². The monoisotopic (exact) mass is 288 g/mol. The molecule has 1 N–H and O–H groups in total. The Morgan fingerprint density at radius 2 is 1.90 bits per heavy atom. The first-order valence-electron chi connectivity index (χ1n) is 7.21. The molecule has 0 unspecified atom stereocenters. The number of rotatable bonds is 2. The second-order valence-corrected chi connectivity index (χ2v) is 5.74. The lowest BCUT2D eigenvalue weighted by Gasteiger charge is -2.24. The summed E-state index contributed by atoms with van der Waals surface area (Å²) in [5, 5.41) is 11.0. The van der Waals surface area contributed by atoms with Crippen molar-refractivity contribution in [2.45, 2.75) is 31.0 Å². The SMILES string of the molecule is O=C1[C@@H]2[C@@H](ON3[C@H](CO)CC[C@@H]23)C(=O)N1c1ccccc1. The molecule has 21 heavy (non-hydrogen) atoms. The lowest BCUT2D eigenvalue weighted by molar-refractivity contribution is -0.183. The van der Waals surface area contributed by atoms with Crippen molar-refractivity contribution in [2.75, 3.05) is 11.5 Å². The lowest BCUT2D eigenvalue weighted by Crippen LogP contribution is -2.41. The molecule has 110 valence electrons. The Balaban J connectivity index is 1.66. The van der Waals surface area contributed by atoms with Gasteiger partial charge in [-0.1, -0.05) is 18.2 Å². The lowest BCUT2D eigenvalue weighted by atomic mass is 9.95. The van der Waals surface area contributed by atoms with Crippen LogP contribution in [0.2, 0.25) is 0 Å². The van der Waals surface area contributed by atoms with Crippen LogP contribution in [0.25, 0.3) is 0 Å². The van der Waals surface area contributed by atoms with Crippen LogP contribution in [0.1, 0.15) is 12.8 Å². The summed E-state index contributed by atoms with van der Waals surface area (Å²) in [7, 11) is 0. The Hall–Kier alpha value is -1.76. The number of carbonyl (C=O) groups is 2. The number of aliphatic hydroxyl groups is 1. The Labute approximate surface area is 121 Å². The van der Waals surface area contributed by atoms with Crippen LogP contribution in [-0.2, 0) is 14.4 Å². The Morgan fingerprint density at radius 3 is 2.62 bits per heavy atom. The summed E-state index contributed by atoms with van der Waals surface area (Å²) >= 11 is 0. The molecule has 3 aliphatic heterocycles. The molecule has 4 rings (SSSR count). The van der Waals surface area contributed by atoms with Crippen molar-refractivity contribution in [1.82, 2.24) is 5.06 Å². The fourth-order valence-electron chi connectivity index (χ4n) is 3.67. The number of imide groups is 1. The van der Waals surface area contributed by atoms with E-state index in [2.05, 4.69) is 0 Å². The molecular formula is C15H16N2O4. The van der Waals surface area contributed by atoms with Crippen molar-refractivity contribution in [3.8, 4) is 0 Å². The maximum absolute atomic E-state index is 12.7. The summed E-state index contributed by atoms with van der Waals surface area (Å²) in [5.41, 5.74) is 0.591. The van der Waals surface area contributed by atoms with Gasteiger partial charge in [-0.25, -0.2) is 4.90 Å². The summed E-state index contributed by atoms with van der Waals surface area (Å²) < 4.78 is 0. The van der Waals surface area contributed by atoms with E-state index in [1.165, 1.54) is 4.90 Å². The highest BCUT2D eigenvalue weighted by Gasteiger charge is 2.62. The Bertz CT molecular complexity index is 591. The minimum absolute atomic E-state index is 0.0132. The predicted molar refractivity (Wildman–Crippen MR) is 73.0 cm³/mol. The topological polar surface area (TPSA) is 70.1 Å². The maximum Gasteiger partial charge on any atom is 0.265 e. The molecule has 0 bridgehead atoms. The van der Waals surface area contributed by atoms with Crippen LogP contribution in [0.15, 0.2) is 30.3 Å². The standard InChI is InChI=1S/C15H16N2O4/c18-8-10-6-7-11-12-13(21-17(10)11)15(20)16(14(12)19)9-4-2-1-3-5-9/h1-5,10-13,18H,6-8H2/t10-,11-,12-,13+/m0/s1. The molecule has 1 aromatic carbocycles. The van der Waals surface area contributed by atoms with Gasteiger partial charge >= 0.3 is 0 Å². The highest BCUT2D eigenvalue weighted by atomic mass is 16.7. The Morgan fingerprint density at radius 1 is 1.14 bits per heavy atom. The zero-order valence-electron chi connectivity index (χ0n) is 11.4. The van der Waals surface area contributed by atoms with Crippen LogP contribution in [0.4, 0.5) is 5.69 Å². The molecule has 0 aromatic heterocycles. The number of amides is 2. The number of hydroxylamine groups is 2. The average molecular weight is 288 g/mol. The van der Waals surface area contributed by atoms with Crippen molar-refractivity contribution in [2.24, 2.45) is 5.92 Å². The molecule has 6 heteroatoms. The molecule has 1 aromatic rings. The van der Waals surface area contributed by atoms with E-state index >= 15 is 0 Å². The number of nitrogens with zero attached hydrogens (tertiary/aromatic N) is 2. The van der Waals surface area contributed by atoms with Crippen molar-refractivity contribution in [1.29, 1.82) is 0 Å². The van der Waals surface area contributed by atoms with E-state index in [9.17, 15) is 14.7 Å². The van der Waals surface area contributed by atoms with Gasteiger partial charge in [0.1, 0.15) is 0 Å². The molecular weight excluding hydrogens is 272 g/mol. The van der Waals surface area contributed by atoms with Gasteiger partial charge < -0.3 is 5.11 Å². The molecule has 3 saturated heterocycles. The molecule has 3 heterocycles. The fraction of sp³-hybridized carbons (Fsp3) is 0.467. The largest absolute Gasteiger partial charge is 0.395 e. The summed E-state index contributed by atoms with van der Waals surface area (Å²) in [6.45, 7) is -0.0132. The Kier molecular flexibility index (Phi) is 2.85. The van der Waals surface area contributed by atoms with Crippen LogP contribution in [0, 0.1) is 5.92 Å². The van der Waals surface area contributed by atoms with Crippen LogP contribution in [0.5, 0.6) is 0 Å². The van der Waals surface area contributed by atoms with Crippen molar-refractivity contribution in [3.63, 3.8) is 0 Å². The van der Waals surface area contributed by atoms with Crippen LogP contribution >= 0.6 is 0 Å². The molecule has 0 saturated carbocycles. The predicted octanol–water partition coefficient (Wildman–Crippen LogP) is 0.315. The first-order valence-corrected chi connectivity index (χ1v) is 7.21. The van der Waals surface area contributed by atoms with E-state index in [1.54, 1.807) is 29.3 Å². The number of carbonyl (C=O) groups excluding carboxylic acids is 2. The average Bonchev–Trinajstić information content (AvgIpc) is 3.12. The van der Waals surface area contributed by atoms with E-state index in [0.29, 0.717) is 5.69 Å². The fourth-order valence-corrected chi connectivity index (χ4v) is 3.67. The quantitative estimate of drug-likeness (QED) is 0.793. The molecule has 0 radical (unpaired) electrons. The first-order chi connectivity index (χ1) is 10.2. The highest BCUT2D eigenvalue weighted by Crippen LogP contribution is 2.44. The maximum atomic E-state index is 12.7. The number of hydrogen-bond donors (Lipinski definition) is 1. The van der Waals surface area contributed by atoms with E-state index in [1.807, 2.05) is 6.07 Å². The van der Waals surface area contributed by atoms with Crippen molar-refractivity contribution < 1.29 is 19.5 Å². The molecule has 3 fully saturated rings. The van der Waals surface area contributed by atoms with E-state index in [-0.39, 0.29) is 30.5 Å². The van der Waals surface area contributed by atoms with Gasteiger partial charge in [-0.05, 0) is 25.0 Å². The molecule has 6 nitrogen and oxygen atoms in total. The number of benzene rings is 1. The van der Waals surface area contributed by atoms with Crippen molar-refractivity contribution in [3.05, 3.63) is 30.3 Å². The number of para-hydroxylation sites is 1. The normalized spacial score (nSPS) is 35.4. The van der Waals surface area contributed by atoms with E-state index in [0.717, 1.165) is 12.8 Å². The molecule has 3 aliphatic rings. The van der Waals surface area contributed by atoms with E-state index < -0.39 is 12.0 Å².